The number of fused-ring (bicyclic) bond motifs is 2. The highest BCUT2D eigenvalue weighted by molar-refractivity contribution is 6.36. The van der Waals surface area contributed by atoms with Crippen molar-refractivity contribution < 1.29 is 14.7 Å². The van der Waals surface area contributed by atoms with Crippen molar-refractivity contribution in [1.29, 1.82) is 0 Å². The second-order valence-corrected chi connectivity index (χ2v) is 6.06. The van der Waals surface area contributed by atoms with Crippen LogP contribution in [0.2, 0.25) is 0 Å². The van der Waals surface area contributed by atoms with Crippen LogP contribution in [0.15, 0.2) is 54.7 Å². The van der Waals surface area contributed by atoms with E-state index in [1.165, 1.54) is 0 Å². The Morgan fingerprint density at radius 3 is 2.64 bits per heavy atom. The molecule has 0 radical (unpaired) electrons. The molecule has 1 aliphatic rings. The van der Waals surface area contributed by atoms with Gasteiger partial charge in [0.05, 0.1) is 5.69 Å². The van der Waals surface area contributed by atoms with Crippen molar-refractivity contribution in [1.82, 2.24) is 4.57 Å². The van der Waals surface area contributed by atoms with E-state index in [0.29, 0.717) is 5.57 Å². The van der Waals surface area contributed by atoms with Crippen molar-refractivity contribution in [2.45, 2.75) is 6.54 Å². The van der Waals surface area contributed by atoms with Crippen LogP contribution in [-0.2, 0) is 16.1 Å². The minimum Gasteiger partial charge on any atom is -0.480 e. The van der Waals surface area contributed by atoms with Crippen molar-refractivity contribution in [3.63, 3.8) is 0 Å². The number of hydrogen-bond donors (Lipinski definition) is 1. The maximum absolute atomic E-state index is 12.6. The maximum Gasteiger partial charge on any atom is 0.323 e. The van der Waals surface area contributed by atoms with E-state index in [1.807, 2.05) is 54.6 Å². The van der Waals surface area contributed by atoms with Gasteiger partial charge in [-0.15, -0.1) is 0 Å². The van der Waals surface area contributed by atoms with Gasteiger partial charge in [0.15, 0.2) is 0 Å². The molecule has 3 aromatic rings. The number of para-hydroxylation sites is 2. The number of benzene rings is 2. The molecular weight excluding hydrogens is 316 g/mol. The van der Waals surface area contributed by atoms with Gasteiger partial charge in [0, 0.05) is 40.8 Å². The number of hydrogen-bond acceptors (Lipinski definition) is 2. The predicted molar refractivity (Wildman–Crippen MR) is 97.3 cm³/mol. The molecule has 0 fully saturated rings. The first-order chi connectivity index (χ1) is 12.1. The summed E-state index contributed by atoms with van der Waals surface area (Å²) >= 11 is 0. The molecule has 25 heavy (non-hydrogen) atoms. The number of aromatic nitrogens is 1. The Balaban J connectivity index is 1.90. The number of rotatable bonds is 3. The van der Waals surface area contributed by atoms with Gasteiger partial charge in [-0.3, -0.25) is 9.59 Å². The van der Waals surface area contributed by atoms with Crippen LogP contribution in [0.3, 0.4) is 0 Å². The first kappa shape index (κ1) is 15.2. The highest BCUT2D eigenvalue weighted by atomic mass is 16.4. The molecular formula is C20H16N2O3. The lowest BCUT2D eigenvalue weighted by Gasteiger charge is -2.07. The summed E-state index contributed by atoms with van der Waals surface area (Å²) in [4.78, 5) is 25.4. The Labute approximate surface area is 144 Å². The molecule has 0 saturated heterocycles. The van der Waals surface area contributed by atoms with Gasteiger partial charge in [0.25, 0.3) is 5.91 Å². The molecule has 5 heteroatoms. The summed E-state index contributed by atoms with van der Waals surface area (Å²) in [6.07, 6.45) is 3.64. The summed E-state index contributed by atoms with van der Waals surface area (Å²) in [6, 6.07) is 15.3. The third kappa shape index (κ3) is 2.41. The molecule has 124 valence electrons. The Morgan fingerprint density at radius 1 is 1.12 bits per heavy atom. The average Bonchev–Trinajstić information content (AvgIpc) is 3.06. The zero-order valence-electron chi connectivity index (χ0n) is 13.6. The lowest BCUT2D eigenvalue weighted by Crippen LogP contribution is -2.20. The molecule has 0 spiro atoms. The van der Waals surface area contributed by atoms with E-state index in [2.05, 4.69) is 0 Å². The Bertz CT molecular complexity index is 1050. The molecule has 0 aliphatic carbocycles. The number of carboxylic acids is 1. The van der Waals surface area contributed by atoms with Crippen LogP contribution < -0.4 is 4.90 Å². The SMILES string of the molecule is CN1C(=O)C(=Cc2cn(CC(=O)O)c3ccccc23)c2ccccc21. The van der Waals surface area contributed by atoms with E-state index in [-0.39, 0.29) is 12.5 Å². The van der Waals surface area contributed by atoms with Crippen molar-refractivity contribution in [3.05, 3.63) is 65.9 Å². The van der Waals surface area contributed by atoms with Crippen LogP contribution in [0.5, 0.6) is 0 Å². The van der Waals surface area contributed by atoms with Crippen molar-refractivity contribution in [2.24, 2.45) is 0 Å². The van der Waals surface area contributed by atoms with Gasteiger partial charge in [-0.25, -0.2) is 0 Å². The highest BCUT2D eigenvalue weighted by Crippen LogP contribution is 2.37. The van der Waals surface area contributed by atoms with Crippen LogP contribution >= 0.6 is 0 Å². The summed E-state index contributed by atoms with van der Waals surface area (Å²) in [5, 5.41) is 10.1. The molecule has 1 N–H and O–H groups in total. The Kier molecular flexibility index (Phi) is 3.42. The standard InChI is InChI=1S/C20H16N2O3/c1-21-17-8-4-3-7-15(17)16(20(21)25)10-13-11-22(12-19(23)24)18-9-5-2-6-14(13)18/h2-11H,12H2,1H3,(H,23,24). The topological polar surface area (TPSA) is 62.5 Å². The number of carbonyl (C=O) groups excluding carboxylic acids is 1. The lowest BCUT2D eigenvalue weighted by molar-refractivity contribution is -0.137. The van der Waals surface area contributed by atoms with Crippen molar-refractivity contribution in [3.8, 4) is 0 Å². The Hall–Kier alpha value is -3.34. The van der Waals surface area contributed by atoms with Gasteiger partial charge in [-0.05, 0) is 18.2 Å². The second-order valence-electron chi connectivity index (χ2n) is 6.06. The molecule has 2 aromatic carbocycles. The van der Waals surface area contributed by atoms with E-state index in [1.54, 1.807) is 22.7 Å². The summed E-state index contributed by atoms with van der Waals surface area (Å²) in [7, 11) is 1.76. The fourth-order valence-corrected chi connectivity index (χ4v) is 3.36. The van der Waals surface area contributed by atoms with E-state index in [4.69, 9.17) is 5.11 Å². The van der Waals surface area contributed by atoms with E-state index in [0.717, 1.165) is 27.7 Å². The van der Waals surface area contributed by atoms with Crippen molar-refractivity contribution in [2.75, 3.05) is 11.9 Å². The smallest absolute Gasteiger partial charge is 0.323 e. The number of amides is 1. The van der Waals surface area contributed by atoms with Crippen LogP contribution in [0.4, 0.5) is 5.69 Å². The minimum absolute atomic E-state index is 0.0590. The summed E-state index contributed by atoms with van der Waals surface area (Å²) in [6.45, 7) is -0.117. The molecule has 2 heterocycles. The number of nitrogens with zero attached hydrogens (tertiary/aromatic N) is 2. The number of aliphatic carboxylic acids is 1. The number of carbonyl (C=O) groups is 2. The average molecular weight is 332 g/mol. The van der Waals surface area contributed by atoms with Gasteiger partial charge in [-0.2, -0.15) is 0 Å². The van der Waals surface area contributed by atoms with E-state index < -0.39 is 5.97 Å². The van der Waals surface area contributed by atoms with E-state index in [9.17, 15) is 9.59 Å². The summed E-state index contributed by atoms with van der Waals surface area (Å²) < 4.78 is 1.69. The van der Waals surface area contributed by atoms with E-state index >= 15 is 0 Å². The Morgan fingerprint density at radius 2 is 1.84 bits per heavy atom. The molecule has 0 saturated carbocycles. The molecule has 1 amide bonds. The van der Waals surface area contributed by atoms with Gasteiger partial charge >= 0.3 is 5.97 Å². The van der Waals surface area contributed by atoms with Crippen molar-refractivity contribution >= 4 is 40.1 Å². The minimum atomic E-state index is -0.901. The number of anilines is 1. The highest BCUT2D eigenvalue weighted by Gasteiger charge is 2.29. The molecule has 1 aliphatic heterocycles. The molecule has 0 atom stereocenters. The third-order valence-corrected chi connectivity index (χ3v) is 4.52. The van der Waals surface area contributed by atoms with Crippen LogP contribution in [0.1, 0.15) is 11.1 Å². The lowest BCUT2D eigenvalue weighted by atomic mass is 10.0. The third-order valence-electron chi connectivity index (χ3n) is 4.52. The van der Waals surface area contributed by atoms with Crippen LogP contribution in [0.25, 0.3) is 22.6 Å². The quantitative estimate of drug-likeness (QED) is 0.749. The second kappa shape index (κ2) is 5.63. The zero-order valence-corrected chi connectivity index (χ0v) is 13.6. The van der Waals surface area contributed by atoms with Crippen LogP contribution in [0, 0.1) is 0 Å². The number of likely N-dealkylation sites (N-methyl/N-ethyl adjacent to an activating group) is 1. The number of carboxylic acid groups (broad SMARTS) is 1. The summed E-state index contributed by atoms with van der Waals surface area (Å²) in [5.74, 6) is -0.960. The molecule has 1 aromatic heterocycles. The van der Waals surface area contributed by atoms with Crippen LogP contribution in [-0.4, -0.2) is 28.6 Å². The van der Waals surface area contributed by atoms with Gasteiger partial charge in [0.1, 0.15) is 6.54 Å². The first-order valence-electron chi connectivity index (χ1n) is 7.95. The largest absolute Gasteiger partial charge is 0.480 e. The van der Waals surface area contributed by atoms with Gasteiger partial charge in [0.2, 0.25) is 0 Å². The van der Waals surface area contributed by atoms with Gasteiger partial charge in [-0.1, -0.05) is 36.4 Å². The fourth-order valence-electron chi connectivity index (χ4n) is 3.36. The zero-order chi connectivity index (χ0) is 17.6. The molecule has 0 bridgehead atoms. The molecule has 4 rings (SSSR count). The summed E-state index contributed by atoms with van der Waals surface area (Å²) in [5.41, 5.74) is 4.07. The fraction of sp³-hybridized carbons (Fsp3) is 0.100. The molecule has 5 nitrogen and oxygen atoms in total. The van der Waals surface area contributed by atoms with Gasteiger partial charge < -0.3 is 14.6 Å². The predicted octanol–water partition coefficient (Wildman–Crippen LogP) is 3.24. The normalized spacial score (nSPS) is 15.2. The monoisotopic (exact) mass is 332 g/mol. The first-order valence-corrected chi connectivity index (χ1v) is 7.95. The maximum atomic E-state index is 12.6. The molecule has 0 unspecified atom stereocenters.